The van der Waals surface area contributed by atoms with Crippen molar-refractivity contribution >= 4 is 13.8 Å². The first-order valence-electron chi connectivity index (χ1n) is 22.5. The van der Waals surface area contributed by atoms with Gasteiger partial charge < -0.3 is 20.1 Å². The van der Waals surface area contributed by atoms with Gasteiger partial charge in [-0.3, -0.25) is 13.8 Å². The predicted octanol–water partition coefficient (Wildman–Crippen LogP) is 13.3. The second kappa shape index (κ2) is 41.7. The molecule has 9 heteroatoms. The van der Waals surface area contributed by atoms with Gasteiger partial charge in [0.25, 0.3) is 0 Å². The molecule has 312 valence electrons. The highest BCUT2D eigenvalue weighted by molar-refractivity contribution is 7.47. The Labute approximate surface area is 322 Å². The van der Waals surface area contributed by atoms with E-state index in [1.54, 1.807) is 0 Å². The number of hydrogen-bond donors (Lipinski definition) is 2. The van der Waals surface area contributed by atoms with Crippen molar-refractivity contribution in [1.29, 1.82) is 0 Å². The Morgan fingerprint density at radius 2 is 0.846 bits per heavy atom. The fraction of sp³-hybridized carbons (Fsp3) is 0.977. The molecule has 3 N–H and O–H groups in total. The molecule has 0 aliphatic rings. The first-order chi connectivity index (χ1) is 25.4. The lowest BCUT2D eigenvalue weighted by Crippen LogP contribution is -2.28. The van der Waals surface area contributed by atoms with Crippen molar-refractivity contribution in [1.82, 2.24) is 0 Å². The molecule has 0 saturated heterocycles. The van der Waals surface area contributed by atoms with Crippen molar-refractivity contribution < 1.29 is 32.8 Å². The minimum Gasteiger partial charge on any atom is -0.457 e. The molecule has 0 amide bonds. The van der Waals surface area contributed by atoms with Crippen molar-refractivity contribution in [3.05, 3.63) is 0 Å². The Morgan fingerprint density at radius 3 is 1.21 bits per heavy atom. The van der Waals surface area contributed by atoms with Crippen LogP contribution < -0.4 is 5.73 Å². The molecule has 0 rings (SSSR count). The van der Waals surface area contributed by atoms with Gasteiger partial charge in [-0.15, -0.1) is 0 Å². The molecule has 0 heterocycles. The molecule has 0 saturated carbocycles. The maximum absolute atomic E-state index is 12.6. The highest BCUT2D eigenvalue weighted by Gasteiger charge is 2.25. The maximum atomic E-state index is 12.6. The predicted molar refractivity (Wildman–Crippen MR) is 220 cm³/mol. The van der Waals surface area contributed by atoms with E-state index in [2.05, 4.69) is 13.8 Å². The van der Waals surface area contributed by atoms with Crippen LogP contribution in [-0.4, -0.2) is 49.9 Å². The summed E-state index contributed by atoms with van der Waals surface area (Å²) in [6.45, 7) is 4.98. The van der Waals surface area contributed by atoms with Crippen molar-refractivity contribution in [3.63, 3.8) is 0 Å². The van der Waals surface area contributed by atoms with Crippen LogP contribution in [0.4, 0.5) is 0 Å². The van der Waals surface area contributed by atoms with Crippen LogP contribution in [0.15, 0.2) is 0 Å². The van der Waals surface area contributed by atoms with E-state index in [0.29, 0.717) is 13.0 Å². The zero-order chi connectivity index (χ0) is 38.1. The molecule has 0 bridgehead atoms. The van der Waals surface area contributed by atoms with Gasteiger partial charge in [0.2, 0.25) is 0 Å². The first kappa shape index (κ1) is 51.5. The number of esters is 1. The quantitative estimate of drug-likeness (QED) is 0.0358. The molecule has 0 aromatic carbocycles. The van der Waals surface area contributed by atoms with Gasteiger partial charge in [0, 0.05) is 19.6 Å². The van der Waals surface area contributed by atoms with Crippen molar-refractivity contribution in [3.8, 4) is 0 Å². The third kappa shape index (κ3) is 40.7. The molecule has 8 nitrogen and oxygen atoms in total. The van der Waals surface area contributed by atoms with Crippen molar-refractivity contribution in [2.75, 3.05) is 33.0 Å². The number of unbranched alkanes of at least 4 members (excludes halogenated alkanes) is 31. The Morgan fingerprint density at radius 1 is 0.500 bits per heavy atom. The van der Waals surface area contributed by atoms with Gasteiger partial charge in [0.1, 0.15) is 6.10 Å². The van der Waals surface area contributed by atoms with E-state index < -0.39 is 13.9 Å². The summed E-state index contributed by atoms with van der Waals surface area (Å²) in [6.07, 6.45) is 42.7. The van der Waals surface area contributed by atoms with Gasteiger partial charge >= 0.3 is 13.8 Å². The van der Waals surface area contributed by atoms with Crippen LogP contribution in [0.3, 0.4) is 0 Å². The monoisotopic (exact) mass is 762 g/mol. The molecule has 0 aliphatic carbocycles. The average molecular weight is 762 g/mol. The van der Waals surface area contributed by atoms with E-state index in [4.69, 9.17) is 24.3 Å². The van der Waals surface area contributed by atoms with E-state index in [0.717, 1.165) is 32.1 Å². The lowest BCUT2D eigenvalue weighted by molar-refractivity contribution is -0.154. The fourth-order valence-corrected chi connectivity index (χ4v) is 7.47. The molecule has 52 heavy (non-hydrogen) atoms. The molecular formula is C43H88NO7P. The summed E-state index contributed by atoms with van der Waals surface area (Å²) in [5.41, 5.74) is 5.37. The number of ether oxygens (including phenoxy) is 2. The molecule has 2 unspecified atom stereocenters. The van der Waals surface area contributed by atoms with Gasteiger partial charge in [-0.25, -0.2) is 4.57 Å². The first-order valence-corrected chi connectivity index (χ1v) is 24.0. The summed E-state index contributed by atoms with van der Waals surface area (Å²) in [6, 6.07) is 0. The number of phosphoric ester groups is 1. The third-order valence-corrected chi connectivity index (χ3v) is 11.0. The average Bonchev–Trinajstić information content (AvgIpc) is 3.13. The van der Waals surface area contributed by atoms with E-state index in [1.165, 1.54) is 180 Å². The lowest BCUT2D eigenvalue weighted by Gasteiger charge is -2.20. The van der Waals surface area contributed by atoms with Gasteiger partial charge in [-0.1, -0.05) is 213 Å². The number of carbonyl (C=O) groups is 1. The molecule has 0 aliphatic heterocycles. The Bertz CT molecular complexity index is 772. The summed E-state index contributed by atoms with van der Waals surface area (Å²) < 4.78 is 33.4. The van der Waals surface area contributed by atoms with Crippen LogP contribution in [0, 0.1) is 0 Å². The highest BCUT2D eigenvalue weighted by Crippen LogP contribution is 2.43. The van der Waals surface area contributed by atoms with Crippen molar-refractivity contribution in [2.24, 2.45) is 5.73 Å². The Balaban J connectivity index is 3.88. The lowest BCUT2D eigenvalue weighted by atomic mass is 10.0. The smallest absolute Gasteiger partial charge is 0.457 e. The van der Waals surface area contributed by atoms with Crippen LogP contribution >= 0.6 is 7.82 Å². The molecule has 0 spiro atoms. The number of rotatable bonds is 44. The zero-order valence-corrected chi connectivity index (χ0v) is 35.5. The van der Waals surface area contributed by atoms with Crippen LogP contribution in [0.25, 0.3) is 0 Å². The third-order valence-electron chi connectivity index (χ3n) is 10.0. The highest BCUT2D eigenvalue weighted by atomic mass is 31.2. The molecule has 0 aromatic rings. The van der Waals surface area contributed by atoms with E-state index in [-0.39, 0.29) is 32.3 Å². The summed E-state index contributed by atoms with van der Waals surface area (Å²) in [4.78, 5) is 22.5. The van der Waals surface area contributed by atoms with Gasteiger partial charge in [-0.05, 0) is 12.8 Å². The van der Waals surface area contributed by atoms with Gasteiger partial charge in [0.05, 0.1) is 19.8 Å². The van der Waals surface area contributed by atoms with Gasteiger partial charge in [-0.2, -0.15) is 0 Å². The van der Waals surface area contributed by atoms with Crippen LogP contribution in [0.2, 0.25) is 0 Å². The summed E-state index contributed by atoms with van der Waals surface area (Å²) in [5.74, 6) is -0.323. The second-order valence-corrected chi connectivity index (χ2v) is 16.7. The summed E-state index contributed by atoms with van der Waals surface area (Å²) in [5, 5.41) is 0. The van der Waals surface area contributed by atoms with Crippen LogP contribution in [0.1, 0.15) is 232 Å². The zero-order valence-electron chi connectivity index (χ0n) is 34.6. The summed E-state index contributed by atoms with van der Waals surface area (Å²) >= 11 is 0. The van der Waals surface area contributed by atoms with E-state index >= 15 is 0 Å². The minimum atomic E-state index is -4.26. The summed E-state index contributed by atoms with van der Waals surface area (Å²) in [7, 11) is -4.26. The Kier molecular flexibility index (Phi) is 41.3. The number of hydrogen-bond acceptors (Lipinski definition) is 7. The van der Waals surface area contributed by atoms with Crippen LogP contribution in [-0.2, 0) is 27.9 Å². The van der Waals surface area contributed by atoms with Gasteiger partial charge in [0.15, 0.2) is 0 Å². The normalized spacial score (nSPS) is 13.4. The van der Waals surface area contributed by atoms with E-state index in [9.17, 15) is 14.3 Å². The molecule has 0 radical (unpaired) electrons. The maximum Gasteiger partial charge on any atom is 0.472 e. The molecule has 0 aromatic heterocycles. The molecule has 0 fully saturated rings. The Hall–Kier alpha value is -0.500. The number of nitrogens with two attached hydrogens (primary N) is 1. The number of phosphoric acid groups is 1. The largest absolute Gasteiger partial charge is 0.472 e. The standard InChI is InChI=1S/C43H88NO7P/c1-3-5-7-9-11-13-15-16-17-18-19-20-21-22-23-24-25-26-28-30-32-34-36-43(45)51-42(41-50-52(46,47)49-39-37-44)40-48-38-35-33-31-29-27-14-12-10-8-6-4-2/h42H,3-41,44H2,1-2H3,(H,46,47). The van der Waals surface area contributed by atoms with Crippen molar-refractivity contribution in [2.45, 2.75) is 238 Å². The minimum absolute atomic E-state index is 0.0902. The molecular weight excluding hydrogens is 673 g/mol. The van der Waals surface area contributed by atoms with E-state index in [1.807, 2.05) is 0 Å². The number of carbonyl (C=O) groups excluding carboxylic acids is 1. The van der Waals surface area contributed by atoms with Crippen LogP contribution in [0.5, 0.6) is 0 Å². The SMILES string of the molecule is CCCCCCCCCCCCCCCCCCCCCCCCC(=O)OC(COCCCCCCCCCCCCC)COP(=O)(O)OCCN. The molecule has 2 atom stereocenters. The second-order valence-electron chi connectivity index (χ2n) is 15.3. The topological polar surface area (TPSA) is 117 Å². The fourth-order valence-electron chi connectivity index (χ4n) is 6.70.